The van der Waals surface area contributed by atoms with Gasteiger partial charge in [0.25, 0.3) is 5.91 Å². The van der Waals surface area contributed by atoms with Crippen LogP contribution in [0.15, 0.2) is 36.4 Å². The summed E-state index contributed by atoms with van der Waals surface area (Å²) >= 11 is 12.1. The highest BCUT2D eigenvalue weighted by Crippen LogP contribution is 2.41. The second kappa shape index (κ2) is 6.77. The maximum absolute atomic E-state index is 12.7. The van der Waals surface area contributed by atoms with Gasteiger partial charge in [-0.3, -0.25) is 4.79 Å². The van der Waals surface area contributed by atoms with Crippen molar-refractivity contribution in [3.63, 3.8) is 0 Å². The molecule has 0 fully saturated rings. The summed E-state index contributed by atoms with van der Waals surface area (Å²) in [6, 6.07) is 10.3. The average molecular weight is 380 g/mol. The molecule has 4 nitrogen and oxygen atoms in total. The molecule has 1 amide bonds. The van der Waals surface area contributed by atoms with Gasteiger partial charge in [0.2, 0.25) is 0 Å². The zero-order valence-electron chi connectivity index (χ0n) is 14.2. The van der Waals surface area contributed by atoms with Crippen LogP contribution < -0.4 is 14.8 Å². The van der Waals surface area contributed by atoms with E-state index in [0.29, 0.717) is 33.5 Å². The first-order valence-electron chi connectivity index (χ1n) is 7.92. The maximum atomic E-state index is 12.7. The highest BCUT2D eigenvalue weighted by Gasteiger charge is 2.35. The third kappa shape index (κ3) is 3.86. The van der Waals surface area contributed by atoms with Crippen molar-refractivity contribution in [3.05, 3.63) is 57.6 Å². The van der Waals surface area contributed by atoms with E-state index >= 15 is 0 Å². The van der Waals surface area contributed by atoms with Gasteiger partial charge in [0, 0.05) is 23.1 Å². The lowest BCUT2D eigenvalue weighted by atomic mass is 9.89. The van der Waals surface area contributed by atoms with E-state index in [-0.39, 0.29) is 11.9 Å². The van der Waals surface area contributed by atoms with Crippen molar-refractivity contribution in [3.8, 4) is 11.5 Å². The highest BCUT2D eigenvalue weighted by atomic mass is 35.5. The van der Waals surface area contributed by atoms with Crippen LogP contribution in [-0.2, 0) is 0 Å². The molecule has 132 valence electrons. The lowest BCUT2D eigenvalue weighted by Crippen LogP contribution is -2.41. The van der Waals surface area contributed by atoms with E-state index in [1.165, 1.54) is 0 Å². The summed E-state index contributed by atoms with van der Waals surface area (Å²) in [5.74, 6) is 1.18. The predicted octanol–water partition coefficient (Wildman–Crippen LogP) is 5.03. The second-order valence-corrected chi connectivity index (χ2v) is 7.46. The van der Waals surface area contributed by atoms with Crippen molar-refractivity contribution in [2.75, 3.05) is 7.11 Å². The molecule has 0 unspecified atom stereocenters. The first kappa shape index (κ1) is 17.9. The number of carbonyl (C=O) groups is 1. The molecule has 0 radical (unpaired) electrons. The third-order valence-corrected chi connectivity index (χ3v) is 4.71. The van der Waals surface area contributed by atoms with Crippen LogP contribution in [-0.4, -0.2) is 18.6 Å². The molecule has 6 heteroatoms. The average Bonchev–Trinajstić information content (AvgIpc) is 2.52. The number of methoxy groups -OCH3 is 1. The van der Waals surface area contributed by atoms with Crippen LogP contribution in [0.1, 0.15) is 42.2 Å². The summed E-state index contributed by atoms with van der Waals surface area (Å²) in [4.78, 5) is 12.7. The Bertz CT molecular complexity index is 820. The van der Waals surface area contributed by atoms with Crippen LogP contribution in [0.3, 0.4) is 0 Å². The molecule has 0 spiro atoms. The zero-order valence-corrected chi connectivity index (χ0v) is 15.7. The molecular formula is C19H19Cl2NO3. The van der Waals surface area contributed by atoms with E-state index in [0.717, 1.165) is 5.56 Å². The van der Waals surface area contributed by atoms with Gasteiger partial charge < -0.3 is 14.8 Å². The van der Waals surface area contributed by atoms with Crippen molar-refractivity contribution in [1.29, 1.82) is 0 Å². The molecule has 1 aliphatic rings. The van der Waals surface area contributed by atoms with Gasteiger partial charge in [-0.2, -0.15) is 0 Å². The Balaban J connectivity index is 1.90. The molecule has 2 aromatic carbocycles. The minimum Gasteiger partial charge on any atom is -0.497 e. The molecule has 25 heavy (non-hydrogen) atoms. The summed E-state index contributed by atoms with van der Waals surface area (Å²) in [6.07, 6.45) is 0.642. The fraction of sp³-hybridized carbons (Fsp3) is 0.316. The van der Waals surface area contributed by atoms with Gasteiger partial charge in [0.15, 0.2) is 0 Å². The van der Waals surface area contributed by atoms with Crippen LogP contribution in [0.4, 0.5) is 0 Å². The Kier molecular flexibility index (Phi) is 4.85. The van der Waals surface area contributed by atoms with Crippen molar-refractivity contribution < 1.29 is 14.3 Å². The Morgan fingerprint density at radius 2 is 2.00 bits per heavy atom. The van der Waals surface area contributed by atoms with Crippen molar-refractivity contribution in [2.45, 2.75) is 31.9 Å². The summed E-state index contributed by atoms with van der Waals surface area (Å²) in [7, 11) is 1.61. The largest absolute Gasteiger partial charge is 0.497 e. The quantitative estimate of drug-likeness (QED) is 0.812. The van der Waals surface area contributed by atoms with Gasteiger partial charge in [-0.1, -0.05) is 23.2 Å². The van der Waals surface area contributed by atoms with E-state index < -0.39 is 5.60 Å². The lowest BCUT2D eigenvalue weighted by Gasteiger charge is -2.38. The monoisotopic (exact) mass is 379 g/mol. The summed E-state index contributed by atoms with van der Waals surface area (Å²) in [5.41, 5.74) is 0.894. The van der Waals surface area contributed by atoms with Crippen LogP contribution in [0, 0.1) is 0 Å². The van der Waals surface area contributed by atoms with Crippen LogP contribution >= 0.6 is 23.2 Å². The molecule has 3 rings (SSSR count). The molecule has 1 N–H and O–H groups in total. The summed E-state index contributed by atoms with van der Waals surface area (Å²) < 4.78 is 11.3. The number of rotatable bonds is 3. The number of hydrogen-bond donors (Lipinski definition) is 1. The lowest BCUT2D eigenvalue weighted by molar-refractivity contribution is 0.0617. The number of halogens is 2. The fourth-order valence-corrected chi connectivity index (χ4v) is 3.49. The molecule has 0 bridgehead atoms. The van der Waals surface area contributed by atoms with E-state index in [1.54, 1.807) is 25.3 Å². The van der Waals surface area contributed by atoms with E-state index in [1.807, 2.05) is 32.0 Å². The standard InChI is InChI=1S/C19H19Cl2NO3/c1-19(2)10-16(14-7-5-12(24-3)9-17(14)25-19)22-18(23)13-6-4-11(20)8-15(13)21/h4-9,16H,10H2,1-3H3,(H,22,23)/t16-/m0/s1. The molecule has 0 saturated carbocycles. The number of amides is 1. The first-order valence-corrected chi connectivity index (χ1v) is 8.67. The van der Waals surface area contributed by atoms with E-state index in [9.17, 15) is 4.79 Å². The molecule has 0 saturated heterocycles. The van der Waals surface area contributed by atoms with Crippen molar-refractivity contribution >= 4 is 29.1 Å². The number of benzene rings is 2. The molecule has 2 aromatic rings. The van der Waals surface area contributed by atoms with Crippen LogP contribution in [0.25, 0.3) is 0 Å². The molecule has 1 heterocycles. The third-order valence-electron chi connectivity index (χ3n) is 4.16. The number of nitrogens with one attached hydrogen (secondary N) is 1. The first-order chi connectivity index (χ1) is 11.8. The van der Waals surface area contributed by atoms with Crippen molar-refractivity contribution in [1.82, 2.24) is 5.32 Å². The smallest absolute Gasteiger partial charge is 0.253 e. The minimum atomic E-state index is -0.416. The van der Waals surface area contributed by atoms with E-state index in [4.69, 9.17) is 32.7 Å². The predicted molar refractivity (Wildman–Crippen MR) is 99.0 cm³/mol. The van der Waals surface area contributed by atoms with Gasteiger partial charge in [-0.25, -0.2) is 0 Å². The summed E-state index contributed by atoms with van der Waals surface area (Å²) in [5, 5.41) is 3.87. The summed E-state index contributed by atoms with van der Waals surface area (Å²) in [6.45, 7) is 3.98. The van der Waals surface area contributed by atoms with E-state index in [2.05, 4.69) is 5.32 Å². The maximum Gasteiger partial charge on any atom is 0.253 e. The SMILES string of the molecule is COc1ccc2c(c1)OC(C)(C)C[C@@H]2NC(=O)c1ccc(Cl)cc1Cl. The van der Waals surface area contributed by atoms with Gasteiger partial charge in [0.05, 0.1) is 23.7 Å². The van der Waals surface area contributed by atoms with Crippen LogP contribution in [0.5, 0.6) is 11.5 Å². The fourth-order valence-electron chi connectivity index (χ4n) is 3.00. The number of carbonyl (C=O) groups excluding carboxylic acids is 1. The minimum absolute atomic E-state index is 0.191. The Morgan fingerprint density at radius 1 is 1.24 bits per heavy atom. The normalized spacial score (nSPS) is 18.0. The zero-order chi connectivity index (χ0) is 18.2. The van der Waals surface area contributed by atoms with Gasteiger partial charge in [0.1, 0.15) is 17.1 Å². The van der Waals surface area contributed by atoms with Gasteiger partial charge in [-0.15, -0.1) is 0 Å². The topological polar surface area (TPSA) is 47.6 Å². The molecule has 1 aliphatic heterocycles. The number of hydrogen-bond acceptors (Lipinski definition) is 3. The Labute approximate surface area is 157 Å². The van der Waals surface area contributed by atoms with Gasteiger partial charge in [-0.05, 0) is 44.2 Å². The Hall–Kier alpha value is -1.91. The number of ether oxygens (including phenoxy) is 2. The number of fused-ring (bicyclic) bond motifs is 1. The van der Waals surface area contributed by atoms with Gasteiger partial charge >= 0.3 is 0 Å². The van der Waals surface area contributed by atoms with Crippen molar-refractivity contribution in [2.24, 2.45) is 0 Å². The highest BCUT2D eigenvalue weighted by molar-refractivity contribution is 6.36. The molecule has 0 aliphatic carbocycles. The molecule has 1 atom stereocenters. The molecular weight excluding hydrogens is 361 g/mol. The Morgan fingerprint density at radius 3 is 2.68 bits per heavy atom. The van der Waals surface area contributed by atoms with Crippen LogP contribution in [0.2, 0.25) is 10.0 Å². The second-order valence-electron chi connectivity index (χ2n) is 6.62. The molecule has 0 aromatic heterocycles.